The summed E-state index contributed by atoms with van der Waals surface area (Å²) in [5.74, 6) is -0.275. The molecular weight excluding hydrogens is 326 g/mol. The van der Waals surface area contributed by atoms with E-state index < -0.39 is 4.92 Å². The number of nitrogens with zero attached hydrogens (tertiary/aromatic N) is 2. The summed E-state index contributed by atoms with van der Waals surface area (Å²) in [7, 11) is 0. The summed E-state index contributed by atoms with van der Waals surface area (Å²) in [6.07, 6.45) is 6.94. The first-order valence-corrected chi connectivity index (χ1v) is 8.65. The lowest BCUT2D eigenvalue weighted by atomic mass is 10.1. The first kappa shape index (κ1) is 16.3. The monoisotopic (exact) mass is 343 g/mol. The van der Waals surface area contributed by atoms with Gasteiger partial charge in [-0.1, -0.05) is 18.6 Å². The second-order valence-corrected chi connectivity index (χ2v) is 6.77. The molecule has 1 heterocycles. The number of hydrogen-bond acceptors (Lipinski definition) is 5. The number of amides is 1. The van der Waals surface area contributed by atoms with Crippen molar-refractivity contribution in [2.24, 2.45) is 5.10 Å². The van der Waals surface area contributed by atoms with Gasteiger partial charge in [-0.15, -0.1) is 11.3 Å². The van der Waals surface area contributed by atoms with Gasteiger partial charge >= 0.3 is 0 Å². The average molecular weight is 343 g/mol. The number of thiophene rings is 1. The summed E-state index contributed by atoms with van der Waals surface area (Å²) in [4.78, 5) is 24.6. The summed E-state index contributed by atoms with van der Waals surface area (Å²) in [6, 6.07) is 8.21. The fraction of sp³-hybridized carbons (Fsp3) is 0.294. The van der Waals surface area contributed by atoms with Crippen LogP contribution in [0.4, 0.5) is 5.69 Å². The maximum absolute atomic E-state index is 12.2. The van der Waals surface area contributed by atoms with E-state index in [1.165, 1.54) is 53.3 Å². The molecule has 7 heteroatoms. The van der Waals surface area contributed by atoms with Crippen LogP contribution in [0.15, 0.2) is 35.4 Å². The van der Waals surface area contributed by atoms with Gasteiger partial charge in [0.05, 0.1) is 21.6 Å². The fourth-order valence-electron chi connectivity index (χ4n) is 2.76. The predicted octanol–water partition coefficient (Wildman–Crippen LogP) is 3.69. The minimum Gasteiger partial charge on any atom is -0.266 e. The van der Waals surface area contributed by atoms with E-state index in [2.05, 4.69) is 10.5 Å². The highest BCUT2D eigenvalue weighted by Gasteiger charge is 2.16. The molecule has 3 rings (SSSR count). The van der Waals surface area contributed by atoms with Crippen molar-refractivity contribution < 1.29 is 9.72 Å². The van der Waals surface area contributed by atoms with Gasteiger partial charge in [0.1, 0.15) is 0 Å². The van der Waals surface area contributed by atoms with E-state index in [1.807, 2.05) is 6.07 Å². The highest BCUT2D eigenvalue weighted by Crippen LogP contribution is 2.28. The van der Waals surface area contributed by atoms with Crippen molar-refractivity contribution in [1.29, 1.82) is 0 Å². The number of carbonyl (C=O) groups excluding carboxylic acids is 1. The molecule has 1 N–H and O–H groups in total. The fourth-order valence-corrected chi connectivity index (χ4v) is 3.90. The van der Waals surface area contributed by atoms with Crippen molar-refractivity contribution in [3.63, 3.8) is 0 Å². The number of hydrogen-bond donors (Lipinski definition) is 1. The van der Waals surface area contributed by atoms with Gasteiger partial charge in [-0.25, -0.2) is 5.43 Å². The van der Waals surface area contributed by atoms with Gasteiger partial charge in [0.15, 0.2) is 0 Å². The Morgan fingerprint density at radius 1 is 1.25 bits per heavy atom. The van der Waals surface area contributed by atoms with Crippen LogP contribution < -0.4 is 5.43 Å². The summed E-state index contributed by atoms with van der Waals surface area (Å²) < 4.78 is 0. The van der Waals surface area contributed by atoms with E-state index in [0.29, 0.717) is 10.4 Å². The molecule has 6 nitrogen and oxygen atoms in total. The molecule has 0 atom stereocenters. The Hall–Kier alpha value is -2.54. The minimum absolute atomic E-state index is 0.0432. The van der Waals surface area contributed by atoms with E-state index in [1.54, 1.807) is 18.2 Å². The Bertz CT molecular complexity index is 775. The van der Waals surface area contributed by atoms with E-state index in [0.717, 1.165) is 12.8 Å². The number of carbonyl (C=O) groups is 1. The van der Waals surface area contributed by atoms with Gasteiger partial charge in [0.25, 0.3) is 11.6 Å². The third-order valence-corrected chi connectivity index (χ3v) is 5.21. The van der Waals surface area contributed by atoms with Crippen LogP contribution in [0.1, 0.15) is 44.9 Å². The van der Waals surface area contributed by atoms with Gasteiger partial charge in [-0.05, 0) is 43.4 Å². The topological polar surface area (TPSA) is 84.6 Å². The quantitative estimate of drug-likeness (QED) is 0.398. The number of para-hydroxylation sites is 1. The highest BCUT2D eigenvalue weighted by atomic mass is 32.1. The van der Waals surface area contributed by atoms with Crippen molar-refractivity contribution in [1.82, 2.24) is 5.43 Å². The Labute approximate surface area is 143 Å². The second kappa shape index (κ2) is 7.35. The van der Waals surface area contributed by atoms with Crippen LogP contribution in [0.5, 0.6) is 0 Å². The van der Waals surface area contributed by atoms with E-state index in [9.17, 15) is 14.9 Å². The van der Waals surface area contributed by atoms with Crippen molar-refractivity contribution in [3.05, 3.63) is 61.3 Å². The smallest absolute Gasteiger partial charge is 0.266 e. The molecule has 1 aliphatic carbocycles. The van der Waals surface area contributed by atoms with Gasteiger partial charge in [-0.3, -0.25) is 14.9 Å². The molecular formula is C17H17N3O3S. The number of aryl methyl sites for hydroxylation is 2. The lowest BCUT2D eigenvalue weighted by Gasteiger charge is -1.98. The molecule has 124 valence electrons. The number of benzene rings is 1. The second-order valence-electron chi connectivity index (χ2n) is 5.63. The molecule has 2 aromatic rings. The standard InChI is InChI=1S/C17H17N3O3S/c21-17(16-10-12-6-2-1-3-9-15(12)24-16)19-18-11-13-7-4-5-8-14(13)20(22)23/h4-5,7-8,10-11H,1-3,6,9H2,(H,19,21)/b18-11-. The SMILES string of the molecule is O=C(N/N=C\c1ccccc1[N+](=O)[O-])c1cc2c(s1)CCCCC2. The van der Waals surface area contributed by atoms with Crippen LogP contribution in [0.25, 0.3) is 0 Å². The van der Waals surface area contributed by atoms with Crippen LogP contribution in [0.3, 0.4) is 0 Å². The number of nitrogens with one attached hydrogen (secondary N) is 1. The number of nitro benzene ring substituents is 1. The highest BCUT2D eigenvalue weighted by molar-refractivity contribution is 7.14. The van der Waals surface area contributed by atoms with Gasteiger partial charge in [-0.2, -0.15) is 5.10 Å². The lowest BCUT2D eigenvalue weighted by Crippen LogP contribution is -2.16. The zero-order chi connectivity index (χ0) is 16.9. The molecule has 0 aliphatic heterocycles. The summed E-state index contributed by atoms with van der Waals surface area (Å²) in [6.45, 7) is 0. The Balaban J connectivity index is 1.69. The van der Waals surface area contributed by atoms with E-state index in [4.69, 9.17) is 0 Å². The summed E-state index contributed by atoms with van der Waals surface area (Å²) in [5.41, 5.74) is 4.03. The zero-order valence-electron chi connectivity index (χ0n) is 13.0. The molecule has 1 aliphatic rings. The molecule has 1 aromatic carbocycles. The summed E-state index contributed by atoms with van der Waals surface area (Å²) >= 11 is 1.52. The largest absolute Gasteiger partial charge is 0.281 e. The number of fused-ring (bicyclic) bond motifs is 1. The predicted molar refractivity (Wildman–Crippen MR) is 93.7 cm³/mol. The Morgan fingerprint density at radius 3 is 2.88 bits per heavy atom. The van der Waals surface area contributed by atoms with Crippen molar-refractivity contribution in [3.8, 4) is 0 Å². The normalized spacial score (nSPS) is 14.2. The molecule has 1 amide bonds. The maximum atomic E-state index is 12.2. The Kier molecular flexibility index (Phi) is 5.00. The van der Waals surface area contributed by atoms with Crippen LogP contribution in [-0.2, 0) is 12.8 Å². The van der Waals surface area contributed by atoms with Crippen molar-refractivity contribution >= 4 is 29.1 Å². The zero-order valence-corrected chi connectivity index (χ0v) is 13.8. The molecule has 1 aromatic heterocycles. The molecule has 0 unspecified atom stereocenters. The number of nitro groups is 1. The maximum Gasteiger partial charge on any atom is 0.281 e. The van der Waals surface area contributed by atoms with Crippen LogP contribution in [0.2, 0.25) is 0 Å². The van der Waals surface area contributed by atoms with Gasteiger partial charge < -0.3 is 0 Å². The van der Waals surface area contributed by atoms with Crippen LogP contribution >= 0.6 is 11.3 Å². The molecule has 0 bridgehead atoms. The molecule has 24 heavy (non-hydrogen) atoms. The molecule has 0 fully saturated rings. The van der Waals surface area contributed by atoms with Crippen molar-refractivity contribution in [2.75, 3.05) is 0 Å². The molecule has 0 saturated carbocycles. The number of rotatable bonds is 4. The first-order valence-electron chi connectivity index (χ1n) is 7.83. The van der Waals surface area contributed by atoms with Gasteiger partial charge in [0, 0.05) is 10.9 Å². The van der Waals surface area contributed by atoms with Crippen LogP contribution in [-0.4, -0.2) is 17.0 Å². The van der Waals surface area contributed by atoms with E-state index in [-0.39, 0.29) is 11.6 Å². The minimum atomic E-state index is -0.473. The third-order valence-electron chi connectivity index (χ3n) is 3.97. The Morgan fingerprint density at radius 2 is 2.04 bits per heavy atom. The van der Waals surface area contributed by atoms with Gasteiger partial charge in [0.2, 0.25) is 0 Å². The average Bonchev–Trinajstić information content (AvgIpc) is 2.86. The lowest BCUT2D eigenvalue weighted by molar-refractivity contribution is -0.385. The summed E-state index contributed by atoms with van der Waals surface area (Å²) in [5, 5.41) is 14.8. The van der Waals surface area contributed by atoms with E-state index >= 15 is 0 Å². The van der Waals surface area contributed by atoms with Crippen LogP contribution in [0, 0.1) is 10.1 Å². The first-order chi connectivity index (χ1) is 11.6. The van der Waals surface area contributed by atoms with Crippen molar-refractivity contribution in [2.45, 2.75) is 32.1 Å². The third kappa shape index (κ3) is 3.68. The molecule has 0 saturated heterocycles. The molecule has 0 spiro atoms. The molecule has 0 radical (unpaired) electrons. The number of hydrazone groups is 1.